The number of anilines is 1. The van der Waals surface area contributed by atoms with Gasteiger partial charge in [0.15, 0.2) is 5.82 Å². The number of aromatic nitrogens is 3. The van der Waals surface area contributed by atoms with Crippen LogP contribution in [0.3, 0.4) is 0 Å². The molecule has 0 fully saturated rings. The second-order valence-electron chi connectivity index (χ2n) is 3.87. The first-order valence-corrected chi connectivity index (χ1v) is 5.50. The Bertz CT molecular complexity index is 605. The molecule has 18 heavy (non-hydrogen) atoms. The molecule has 0 unspecified atom stereocenters. The molecule has 0 bridgehead atoms. The maximum atomic E-state index is 10.9. The molecular formula is C11H13N5O2. The van der Waals surface area contributed by atoms with Gasteiger partial charge in [-0.15, -0.1) is 5.10 Å². The quantitative estimate of drug-likeness (QED) is 0.656. The van der Waals surface area contributed by atoms with E-state index in [-0.39, 0.29) is 5.69 Å². The monoisotopic (exact) mass is 247 g/mol. The number of hydrogen-bond donors (Lipinski definition) is 1. The van der Waals surface area contributed by atoms with Crippen LogP contribution in [0.2, 0.25) is 0 Å². The van der Waals surface area contributed by atoms with Crippen molar-refractivity contribution in [3.63, 3.8) is 0 Å². The number of benzene rings is 1. The van der Waals surface area contributed by atoms with Crippen molar-refractivity contribution in [2.45, 2.75) is 20.3 Å². The molecule has 2 aromatic rings. The van der Waals surface area contributed by atoms with E-state index in [0.717, 1.165) is 5.69 Å². The lowest BCUT2D eigenvalue weighted by Gasteiger charge is -2.08. The molecule has 94 valence electrons. The van der Waals surface area contributed by atoms with Gasteiger partial charge in [-0.05, 0) is 19.4 Å². The van der Waals surface area contributed by atoms with Crippen LogP contribution in [0.5, 0.6) is 0 Å². The van der Waals surface area contributed by atoms with E-state index in [4.69, 9.17) is 5.73 Å². The van der Waals surface area contributed by atoms with E-state index >= 15 is 0 Å². The summed E-state index contributed by atoms with van der Waals surface area (Å²) in [5.74, 6) is 0.350. The lowest BCUT2D eigenvalue weighted by molar-refractivity contribution is -0.385. The number of nitrogens with zero attached hydrogens (tertiary/aromatic N) is 4. The lowest BCUT2D eigenvalue weighted by atomic mass is 10.1. The molecule has 0 saturated heterocycles. The normalized spacial score (nSPS) is 10.6. The Balaban J connectivity index is 2.64. The van der Waals surface area contributed by atoms with Crippen LogP contribution in [-0.4, -0.2) is 19.9 Å². The fourth-order valence-electron chi connectivity index (χ4n) is 1.88. The first-order chi connectivity index (χ1) is 8.56. The molecule has 1 aromatic carbocycles. The van der Waals surface area contributed by atoms with Gasteiger partial charge in [-0.3, -0.25) is 10.1 Å². The second-order valence-corrected chi connectivity index (χ2v) is 3.87. The minimum atomic E-state index is -0.412. The van der Waals surface area contributed by atoms with Crippen LogP contribution in [0.4, 0.5) is 11.5 Å². The van der Waals surface area contributed by atoms with Gasteiger partial charge >= 0.3 is 0 Å². The average Bonchev–Trinajstić information content (AvgIpc) is 2.70. The summed E-state index contributed by atoms with van der Waals surface area (Å²) in [4.78, 5) is 10.5. The Morgan fingerprint density at radius 3 is 2.83 bits per heavy atom. The SMILES string of the molecule is CCc1c(N)nnn1-c1cccc([N+](=O)[O-])c1C. The summed E-state index contributed by atoms with van der Waals surface area (Å²) in [7, 11) is 0. The highest BCUT2D eigenvalue weighted by atomic mass is 16.6. The number of nitrogens with two attached hydrogens (primary N) is 1. The van der Waals surface area contributed by atoms with E-state index in [2.05, 4.69) is 10.3 Å². The van der Waals surface area contributed by atoms with Gasteiger partial charge in [-0.2, -0.15) is 0 Å². The van der Waals surface area contributed by atoms with Crippen molar-refractivity contribution in [3.8, 4) is 5.69 Å². The van der Waals surface area contributed by atoms with Crippen LogP contribution in [0, 0.1) is 17.0 Å². The van der Waals surface area contributed by atoms with Crippen LogP contribution in [-0.2, 0) is 6.42 Å². The van der Waals surface area contributed by atoms with Crippen LogP contribution in [0.15, 0.2) is 18.2 Å². The van der Waals surface area contributed by atoms with Gasteiger partial charge in [0.25, 0.3) is 5.69 Å². The summed E-state index contributed by atoms with van der Waals surface area (Å²) in [5.41, 5.74) is 7.69. The van der Waals surface area contributed by atoms with Gasteiger partial charge in [-0.1, -0.05) is 18.2 Å². The number of hydrogen-bond acceptors (Lipinski definition) is 5. The van der Waals surface area contributed by atoms with Crippen molar-refractivity contribution in [2.75, 3.05) is 5.73 Å². The van der Waals surface area contributed by atoms with Crippen LogP contribution in [0.1, 0.15) is 18.2 Å². The highest BCUT2D eigenvalue weighted by Crippen LogP contribution is 2.25. The van der Waals surface area contributed by atoms with Crippen LogP contribution >= 0.6 is 0 Å². The smallest absolute Gasteiger partial charge is 0.274 e. The largest absolute Gasteiger partial charge is 0.381 e. The van der Waals surface area contributed by atoms with E-state index in [1.165, 1.54) is 6.07 Å². The summed E-state index contributed by atoms with van der Waals surface area (Å²) in [6.45, 7) is 3.61. The number of rotatable bonds is 3. The highest BCUT2D eigenvalue weighted by Gasteiger charge is 2.17. The molecule has 0 aliphatic rings. The van der Waals surface area contributed by atoms with Gasteiger partial charge in [-0.25, -0.2) is 4.68 Å². The van der Waals surface area contributed by atoms with E-state index in [9.17, 15) is 10.1 Å². The predicted octanol–water partition coefficient (Wildman–Crippen LogP) is 1.63. The van der Waals surface area contributed by atoms with Gasteiger partial charge in [0.1, 0.15) is 0 Å². The summed E-state index contributed by atoms with van der Waals surface area (Å²) in [6, 6.07) is 4.85. The van der Waals surface area contributed by atoms with E-state index in [1.807, 2.05) is 6.92 Å². The molecular weight excluding hydrogens is 234 g/mol. The molecule has 0 saturated carbocycles. The van der Waals surface area contributed by atoms with Gasteiger partial charge in [0, 0.05) is 6.07 Å². The van der Waals surface area contributed by atoms with Crippen molar-refractivity contribution >= 4 is 11.5 Å². The Morgan fingerprint density at radius 2 is 2.22 bits per heavy atom. The fraction of sp³-hybridized carbons (Fsp3) is 0.273. The third kappa shape index (κ3) is 1.79. The molecule has 2 rings (SSSR count). The third-order valence-corrected chi connectivity index (χ3v) is 2.83. The molecule has 0 aliphatic heterocycles. The first kappa shape index (κ1) is 12.0. The van der Waals surface area contributed by atoms with E-state index in [0.29, 0.717) is 23.5 Å². The molecule has 7 nitrogen and oxygen atoms in total. The second kappa shape index (κ2) is 4.44. The number of nitro benzene ring substituents is 1. The van der Waals surface area contributed by atoms with Crippen molar-refractivity contribution in [3.05, 3.63) is 39.6 Å². The van der Waals surface area contributed by atoms with Crippen molar-refractivity contribution in [1.82, 2.24) is 15.0 Å². The van der Waals surface area contributed by atoms with E-state index in [1.54, 1.807) is 23.7 Å². The van der Waals surface area contributed by atoms with Crippen molar-refractivity contribution in [1.29, 1.82) is 0 Å². The van der Waals surface area contributed by atoms with Gasteiger partial charge in [0.2, 0.25) is 0 Å². The maximum Gasteiger partial charge on any atom is 0.274 e. The van der Waals surface area contributed by atoms with Crippen molar-refractivity contribution < 1.29 is 4.92 Å². The summed E-state index contributed by atoms with van der Waals surface area (Å²) in [6.07, 6.45) is 0.654. The molecule has 1 aromatic heterocycles. The summed E-state index contributed by atoms with van der Waals surface area (Å²) >= 11 is 0. The standard InChI is InChI=1S/C11H13N5O2/c1-3-8-11(12)13-14-15(8)9-5-4-6-10(7(9)2)16(17)18/h4-6H,3,12H2,1-2H3. The first-order valence-electron chi connectivity index (χ1n) is 5.50. The van der Waals surface area contributed by atoms with Crippen LogP contribution in [0.25, 0.3) is 5.69 Å². The van der Waals surface area contributed by atoms with Crippen molar-refractivity contribution in [2.24, 2.45) is 0 Å². The fourth-order valence-corrected chi connectivity index (χ4v) is 1.88. The zero-order valence-electron chi connectivity index (χ0n) is 10.1. The third-order valence-electron chi connectivity index (χ3n) is 2.83. The zero-order valence-corrected chi connectivity index (χ0v) is 10.1. The molecule has 1 heterocycles. The molecule has 0 amide bonds. The maximum absolute atomic E-state index is 10.9. The molecule has 2 N–H and O–H groups in total. The molecule has 0 spiro atoms. The Hall–Kier alpha value is -2.44. The number of nitro groups is 1. The van der Waals surface area contributed by atoms with E-state index < -0.39 is 4.92 Å². The van der Waals surface area contributed by atoms with Gasteiger partial charge < -0.3 is 5.73 Å². The van der Waals surface area contributed by atoms with Crippen LogP contribution < -0.4 is 5.73 Å². The molecule has 0 atom stereocenters. The molecule has 7 heteroatoms. The summed E-state index contributed by atoms with van der Waals surface area (Å²) in [5, 5.41) is 18.6. The Kier molecular flexibility index (Phi) is 2.97. The van der Waals surface area contributed by atoms with Gasteiger partial charge in [0.05, 0.1) is 21.9 Å². The molecule has 0 radical (unpaired) electrons. The lowest BCUT2D eigenvalue weighted by Crippen LogP contribution is -2.06. The Labute approximate surface area is 103 Å². The minimum Gasteiger partial charge on any atom is -0.381 e. The topological polar surface area (TPSA) is 99.9 Å². The predicted molar refractivity (Wildman–Crippen MR) is 66.5 cm³/mol. The molecule has 0 aliphatic carbocycles. The average molecular weight is 247 g/mol. The zero-order chi connectivity index (χ0) is 13.3. The Morgan fingerprint density at radius 1 is 1.50 bits per heavy atom. The number of nitrogen functional groups attached to an aromatic ring is 1. The highest BCUT2D eigenvalue weighted by molar-refractivity contribution is 5.54. The summed E-state index contributed by atoms with van der Waals surface area (Å²) < 4.78 is 1.55. The minimum absolute atomic E-state index is 0.0589.